The molecule has 1 amide bonds. The minimum absolute atomic E-state index is 0.0186. The lowest BCUT2D eigenvalue weighted by molar-refractivity contribution is -0.125. The zero-order valence-corrected chi connectivity index (χ0v) is 17.1. The van der Waals surface area contributed by atoms with Gasteiger partial charge in [0, 0.05) is 11.8 Å². The van der Waals surface area contributed by atoms with Gasteiger partial charge in [0.15, 0.2) is 0 Å². The lowest BCUT2D eigenvalue weighted by Gasteiger charge is -2.33. The average molecular weight is 385 g/mol. The highest BCUT2D eigenvalue weighted by molar-refractivity contribution is 8.00. The van der Waals surface area contributed by atoms with Gasteiger partial charge in [0.05, 0.1) is 11.4 Å². The van der Waals surface area contributed by atoms with Gasteiger partial charge < -0.3 is 5.73 Å². The van der Waals surface area contributed by atoms with Gasteiger partial charge in [-0.15, -0.1) is 11.8 Å². The topological polar surface area (TPSA) is 46.3 Å². The average Bonchev–Trinajstić information content (AvgIpc) is 3.19. The largest absolute Gasteiger partial charge is 0.368 e. The van der Waals surface area contributed by atoms with E-state index in [2.05, 4.69) is 40.9 Å². The molecule has 2 heterocycles. The molecule has 2 N–H and O–H groups in total. The van der Waals surface area contributed by atoms with Crippen molar-refractivity contribution in [2.24, 2.45) is 11.1 Å². The van der Waals surface area contributed by atoms with E-state index < -0.39 is 0 Å². The van der Waals surface area contributed by atoms with Crippen LogP contribution in [0.2, 0.25) is 0 Å². The smallest absolute Gasteiger partial charge is 0.235 e. The van der Waals surface area contributed by atoms with E-state index in [1.807, 2.05) is 0 Å². The SMILES string of the molecule is NC(=O)C1N2CCCC([C@@H]3CCCc4ccccc43)SC2CC12CCCC2. The first-order valence-electron chi connectivity index (χ1n) is 11.0. The Bertz CT molecular complexity index is 714. The van der Waals surface area contributed by atoms with Crippen LogP contribution in [0, 0.1) is 5.41 Å². The van der Waals surface area contributed by atoms with Crippen molar-refractivity contribution in [2.75, 3.05) is 6.54 Å². The molecule has 5 rings (SSSR count). The third-order valence-electron chi connectivity index (χ3n) is 7.83. The quantitative estimate of drug-likeness (QED) is 0.819. The van der Waals surface area contributed by atoms with Gasteiger partial charge in [0.2, 0.25) is 5.91 Å². The number of hydrogen-bond donors (Lipinski definition) is 1. The number of rotatable bonds is 2. The molecule has 4 atom stereocenters. The Balaban J connectivity index is 1.42. The summed E-state index contributed by atoms with van der Waals surface area (Å²) in [4.78, 5) is 15.0. The predicted molar refractivity (Wildman–Crippen MR) is 112 cm³/mol. The number of aryl methyl sites for hydroxylation is 1. The van der Waals surface area contributed by atoms with Gasteiger partial charge in [-0.3, -0.25) is 9.69 Å². The molecule has 3 unspecified atom stereocenters. The van der Waals surface area contributed by atoms with Gasteiger partial charge in [-0.1, -0.05) is 37.1 Å². The van der Waals surface area contributed by atoms with E-state index in [0.717, 1.165) is 6.54 Å². The second-order valence-corrected chi connectivity index (χ2v) is 10.7. The number of benzene rings is 1. The number of nitrogens with two attached hydrogens (primary N) is 1. The van der Waals surface area contributed by atoms with Crippen molar-refractivity contribution in [2.45, 2.75) is 86.8 Å². The third kappa shape index (κ3) is 3.04. The zero-order chi connectivity index (χ0) is 18.4. The molecule has 1 aromatic carbocycles. The molecule has 146 valence electrons. The molecule has 2 aliphatic heterocycles. The highest BCUT2D eigenvalue weighted by atomic mass is 32.2. The molecule has 4 aliphatic rings. The van der Waals surface area contributed by atoms with Gasteiger partial charge >= 0.3 is 0 Å². The minimum Gasteiger partial charge on any atom is -0.368 e. The molecule has 3 nitrogen and oxygen atoms in total. The van der Waals surface area contributed by atoms with E-state index in [0.29, 0.717) is 16.5 Å². The van der Waals surface area contributed by atoms with E-state index in [1.165, 1.54) is 64.2 Å². The second-order valence-electron chi connectivity index (χ2n) is 9.29. The van der Waals surface area contributed by atoms with E-state index >= 15 is 0 Å². The summed E-state index contributed by atoms with van der Waals surface area (Å²) in [7, 11) is 0. The van der Waals surface area contributed by atoms with E-state index in [-0.39, 0.29) is 17.4 Å². The lowest BCUT2D eigenvalue weighted by Crippen LogP contribution is -2.49. The summed E-state index contributed by atoms with van der Waals surface area (Å²) in [6.45, 7) is 1.05. The van der Waals surface area contributed by atoms with Crippen LogP contribution in [-0.2, 0) is 11.2 Å². The fourth-order valence-corrected chi connectivity index (χ4v) is 8.72. The Morgan fingerprint density at radius 3 is 2.74 bits per heavy atom. The summed E-state index contributed by atoms with van der Waals surface area (Å²) in [5, 5.41) is 1.17. The molecule has 4 heteroatoms. The van der Waals surface area contributed by atoms with Gasteiger partial charge in [0.1, 0.15) is 0 Å². The molecular weight excluding hydrogens is 352 g/mol. The second kappa shape index (κ2) is 7.11. The number of carbonyl (C=O) groups is 1. The number of primary amides is 1. The van der Waals surface area contributed by atoms with Crippen molar-refractivity contribution in [3.8, 4) is 0 Å². The van der Waals surface area contributed by atoms with Gasteiger partial charge in [-0.05, 0) is 73.8 Å². The Labute approximate surface area is 167 Å². The summed E-state index contributed by atoms with van der Waals surface area (Å²) >= 11 is 2.19. The van der Waals surface area contributed by atoms with Crippen LogP contribution in [0.4, 0.5) is 0 Å². The minimum atomic E-state index is -0.0681. The van der Waals surface area contributed by atoms with Crippen LogP contribution in [0.25, 0.3) is 0 Å². The van der Waals surface area contributed by atoms with E-state index in [4.69, 9.17) is 5.73 Å². The van der Waals surface area contributed by atoms with Crippen molar-refractivity contribution < 1.29 is 4.79 Å². The maximum absolute atomic E-state index is 12.4. The van der Waals surface area contributed by atoms with Crippen molar-refractivity contribution in [3.63, 3.8) is 0 Å². The molecule has 1 spiro atoms. The lowest BCUT2D eigenvalue weighted by atomic mass is 9.78. The van der Waals surface area contributed by atoms with Crippen LogP contribution in [0.3, 0.4) is 0 Å². The number of nitrogens with zero attached hydrogens (tertiary/aromatic N) is 1. The first-order valence-corrected chi connectivity index (χ1v) is 11.9. The number of thioether (sulfide) groups is 1. The summed E-state index contributed by atoms with van der Waals surface area (Å²) in [6, 6.07) is 9.11. The third-order valence-corrected chi connectivity index (χ3v) is 9.50. The van der Waals surface area contributed by atoms with Crippen molar-refractivity contribution in [1.82, 2.24) is 4.90 Å². The van der Waals surface area contributed by atoms with Crippen molar-refractivity contribution in [3.05, 3.63) is 35.4 Å². The predicted octanol–water partition coefficient (Wildman–Crippen LogP) is 4.45. The summed E-state index contributed by atoms with van der Waals surface area (Å²) in [6.07, 6.45) is 12.5. The fourth-order valence-electron chi connectivity index (χ4n) is 6.73. The molecule has 27 heavy (non-hydrogen) atoms. The standard InChI is InChI=1S/C23H32N2OS/c24-22(26)21-23(12-3-4-13-23)15-20-25(21)14-6-11-19(27-20)18-10-5-8-16-7-1-2-9-17(16)18/h1-2,7,9,18-21H,3-6,8,10-15H2,(H2,24,26)/t18-,19?,20?,21?/m1/s1. The molecule has 1 saturated carbocycles. The first-order chi connectivity index (χ1) is 13.2. The fraction of sp³-hybridized carbons (Fsp3) is 0.696. The Morgan fingerprint density at radius 1 is 1.11 bits per heavy atom. The van der Waals surface area contributed by atoms with Crippen LogP contribution >= 0.6 is 11.8 Å². The van der Waals surface area contributed by atoms with Crippen molar-refractivity contribution in [1.29, 1.82) is 0 Å². The summed E-state index contributed by atoms with van der Waals surface area (Å²) < 4.78 is 0. The number of carbonyl (C=O) groups excluding carboxylic acids is 1. The van der Waals surface area contributed by atoms with Crippen LogP contribution in [0.1, 0.15) is 74.8 Å². The molecule has 0 aromatic heterocycles. The van der Waals surface area contributed by atoms with E-state index in [1.54, 1.807) is 11.1 Å². The molecule has 0 radical (unpaired) electrons. The van der Waals surface area contributed by atoms with Gasteiger partial charge in [0.25, 0.3) is 0 Å². The molecular formula is C23H32N2OS. The number of amides is 1. The summed E-state index contributed by atoms with van der Waals surface area (Å²) in [5.74, 6) is 0.619. The van der Waals surface area contributed by atoms with Crippen LogP contribution in [0.15, 0.2) is 24.3 Å². The Kier molecular flexibility index (Phi) is 4.76. The Morgan fingerprint density at radius 2 is 1.93 bits per heavy atom. The van der Waals surface area contributed by atoms with Crippen LogP contribution in [-0.4, -0.2) is 34.0 Å². The van der Waals surface area contributed by atoms with Crippen LogP contribution in [0.5, 0.6) is 0 Å². The first kappa shape index (κ1) is 18.1. The maximum atomic E-state index is 12.4. The highest BCUT2D eigenvalue weighted by Crippen LogP contribution is 2.57. The molecule has 0 bridgehead atoms. The number of hydrogen-bond acceptors (Lipinski definition) is 3. The Hall–Kier alpha value is -1.00. The van der Waals surface area contributed by atoms with Gasteiger partial charge in [-0.25, -0.2) is 0 Å². The zero-order valence-electron chi connectivity index (χ0n) is 16.2. The monoisotopic (exact) mass is 384 g/mol. The maximum Gasteiger partial charge on any atom is 0.235 e. The van der Waals surface area contributed by atoms with Crippen LogP contribution < -0.4 is 5.73 Å². The molecule has 2 saturated heterocycles. The van der Waals surface area contributed by atoms with Crippen molar-refractivity contribution >= 4 is 17.7 Å². The summed E-state index contributed by atoms with van der Waals surface area (Å²) in [5.41, 5.74) is 9.32. The number of fused-ring (bicyclic) bond motifs is 2. The van der Waals surface area contributed by atoms with E-state index in [9.17, 15) is 4.79 Å². The highest BCUT2D eigenvalue weighted by Gasteiger charge is 2.56. The van der Waals surface area contributed by atoms with Gasteiger partial charge in [-0.2, -0.15) is 0 Å². The molecule has 3 fully saturated rings. The molecule has 2 aliphatic carbocycles. The molecule has 1 aromatic rings. The normalized spacial score (nSPS) is 35.6.